The van der Waals surface area contributed by atoms with Crippen molar-refractivity contribution in [3.63, 3.8) is 0 Å². The van der Waals surface area contributed by atoms with Gasteiger partial charge in [0.05, 0.1) is 19.3 Å². The molecular weight excluding hydrogens is 220 g/mol. The van der Waals surface area contributed by atoms with E-state index >= 15 is 0 Å². The molecule has 0 saturated heterocycles. The van der Waals surface area contributed by atoms with Crippen LogP contribution in [0, 0.1) is 0 Å². The Balaban J connectivity index is 2.46. The molecule has 0 aliphatic heterocycles. The summed E-state index contributed by atoms with van der Waals surface area (Å²) < 4.78 is 9.98. The van der Waals surface area contributed by atoms with Crippen LogP contribution < -0.4 is 4.74 Å². The van der Waals surface area contributed by atoms with E-state index in [1.165, 1.54) is 14.0 Å². The maximum absolute atomic E-state index is 11.3. The van der Waals surface area contributed by atoms with E-state index in [1.54, 1.807) is 18.2 Å². The highest BCUT2D eigenvalue weighted by Gasteiger charge is 2.07. The van der Waals surface area contributed by atoms with Gasteiger partial charge in [-0.25, -0.2) is 0 Å². The van der Waals surface area contributed by atoms with Gasteiger partial charge in [0, 0.05) is 6.42 Å². The molecule has 0 amide bonds. The molecule has 0 aromatic heterocycles. The molecule has 0 fully saturated rings. The van der Waals surface area contributed by atoms with E-state index in [9.17, 15) is 9.59 Å². The minimum atomic E-state index is -0.256. The summed E-state index contributed by atoms with van der Waals surface area (Å²) in [5.74, 6) is 0.270. The summed E-state index contributed by atoms with van der Waals surface area (Å²) in [5, 5.41) is 0. The summed E-state index contributed by atoms with van der Waals surface area (Å²) in [6.45, 7) is 1.88. The number of Topliss-reactive ketones (excluding diaryl/α,β-unsaturated/α-hetero) is 1. The zero-order chi connectivity index (χ0) is 12.7. The molecule has 1 rings (SSSR count). The van der Waals surface area contributed by atoms with E-state index in [-0.39, 0.29) is 11.8 Å². The molecule has 0 N–H and O–H groups in total. The normalized spacial score (nSPS) is 9.76. The molecular formula is C13H16O4. The highest BCUT2D eigenvalue weighted by atomic mass is 16.5. The maximum atomic E-state index is 11.3. The molecule has 0 radical (unpaired) electrons. The third-order valence-corrected chi connectivity index (χ3v) is 2.28. The quantitative estimate of drug-likeness (QED) is 0.431. The molecule has 0 aliphatic rings. The second-order valence-electron chi connectivity index (χ2n) is 3.58. The highest BCUT2D eigenvalue weighted by molar-refractivity contribution is 5.96. The predicted octanol–water partition coefficient (Wildman–Crippen LogP) is 2.22. The largest absolute Gasteiger partial charge is 0.493 e. The van der Waals surface area contributed by atoms with Gasteiger partial charge in [-0.05, 0) is 25.5 Å². The monoisotopic (exact) mass is 236 g/mol. The van der Waals surface area contributed by atoms with Gasteiger partial charge in [0.15, 0.2) is 5.78 Å². The van der Waals surface area contributed by atoms with Gasteiger partial charge in [-0.3, -0.25) is 9.59 Å². The van der Waals surface area contributed by atoms with Crippen molar-refractivity contribution in [2.75, 3.05) is 13.7 Å². The van der Waals surface area contributed by atoms with Crippen molar-refractivity contribution < 1.29 is 19.1 Å². The van der Waals surface area contributed by atoms with E-state index in [1.807, 2.05) is 6.07 Å². The van der Waals surface area contributed by atoms with Gasteiger partial charge in [-0.1, -0.05) is 12.1 Å². The molecule has 0 atom stereocenters. The molecule has 92 valence electrons. The van der Waals surface area contributed by atoms with Gasteiger partial charge in [0.2, 0.25) is 0 Å². The van der Waals surface area contributed by atoms with Crippen molar-refractivity contribution in [1.82, 2.24) is 0 Å². The average molecular weight is 236 g/mol. The van der Waals surface area contributed by atoms with Crippen molar-refractivity contribution in [2.45, 2.75) is 19.8 Å². The summed E-state index contributed by atoms with van der Waals surface area (Å²) in [4.78, 5) is 22.2. The van der Waals surface area contributed by atoms with Crippen LogP contribution in [0.5, 0.6) is 5.75 Å². The fourth-order valence-corrected chi connectivity index (χ4v) is 1.38. The lowest BCUT2D eigenvalue weighted by Gasteiger charge is -2.08. The van der Waals surface area contributed by atoms with Gasteiger partial charge >= 0.3 is 5.97 Å². The summed E-state index contributed by atoms with van der Waals surface area (Å²) >= 11 is 0. The molecule has 17 heavy (non-hydrogen) atoms. The zero-order valence-electron chi connectivity index (χ0n) is 10.1. The summed E-state index contributed by atoms with van der Waals surface area (Å²) in [7, 11) is 1.36. The lowest BCUT2D eigenvalue weighted by molar-refractivity contribution is -0.140. The lowest BCUT2D eigenvalue weighted by Crippen LogP contribution is -2.06. The number of para-hydroxylation sites is 1. The maximum Gasteiger partial charge on any atom is 0.305 e. The van der Waals surface area contributed by atoms with E-state index < -0.39 is 0 Å². The topological polar surface area (TPSA) is 52.6 Å². The number of hydrogen-bond donors (Lipinski definition) is 0. The molecule has 1 aromatic carbocycles. The average Bonchev–Trinajstić information content (AvgIpc) is 2.34. The van der Waals surface area contributed by atoms with Crippen LogP contribution in [0.1, 0.15) is 30.1 Å². The van der Waals surface area contributed by atoms with Crippen molar-refractivity contribution in [3.8, 4) is 5.75 Å². The number of ketones is 1. The zero-order valence-corrected chi connectivity index (χ0v) is 10.1. The van der Waals surface area contributed by atoms with Crippen LogP contribution in [-0.4, -0.2) is 25.5 Å². The summed E-state index contributed by atoms with van der Waals surface area (Å²) in [6.07, 6.45) is 0.887. The minimum absolute atomic E-state index is 0.0337. The first-order valence-corrected chi connectivity index (χ1v) is 5.44. The lowest BCUT2D eigenvalue weighted by atomic mass is 10.1. The highest BCUT2D eigenvalue weighted by Crippen LogP contribution is 2.18. The molecule has 0 heterocycles. The molecule has 0 bridgehead atoms. The molecule has 0 spiro atoms. The number of carbonyl (C=O) groups excluding carboxylic acids is 2. The third-order valence-electron chi connectivity index (χ3n) is 2.28. The number of carbonyl (C=O) groups is 2. The Morgan fingerprint density at radius 3 is 2.59 bits per heavy atom. The van der Waals surface area contributed by atoms with Gasteiger partial charge in [-0.15, -0.1) is 0 Å². The van der Waals surface area contributed by atoms with Crippen molar-refractivity contribution in [2.24, 2.45) is 0 Å². The number of esters is 1. The van der Waals surface area contributed by atoms with Crippen molar-refractivity contribution in [3.05, 3.63) is 29.8 Å². The molecule has 1 aromatic rings. The number of methoxy groups -OCH3 is 1. The fourth-order valence-electron chi connectivity index (χ4n) is 1.38. The van der Waals surface area contributed by atoms with Gasteiger partial charge < -0.3 is 9.47 Å². The van der Waals surface area contributed by atoms with Gasteiger partial charge in [-0.2, -0.15) is 0 Å². The first-order valence-electron chi connectivity index (χ1n) is 5.44. The Morgan fingerprint density at radius 2 is 1.94 bits per heavy atom. The fraction of sp³-hybridized carbons (Fsp3) is 0.385. The Hall–Kier alpha value is -1.84. The Kier molecular flexibility index (Phi) is 5.20. The van der Waals surface area contributed by atoms with Crippen LogP contribution in [0.4, 0.5) is 0 Å². The summed E-state index contributed by atoms with van der Waals surface area (Å²) in [5.41, 5.74) is 0.561. The third kappa shape index (κ3) is 4.26. The van der Waals surface area contributed by atoms with E-state index in [0.29, 0.717) is 30.8 Å². The minimum Gasteiger partial charge on any atom is -0.493 e. The van der Waals surface area contributed by atoms with Gasteiger partial charge in [0.25, 0.3) is 0 Å². The Morgan fingerprint density at radius 1 is 1.24 bits per heavy atom. The molecule has 0 saturated carbocycles. The smallest absolute Gasteiger partial charge is 0.305 e. The second-order valence-corrected chi connectivity index (χ2v) is 3.58. The number of rotatable bonds is 6. The predicted molar refractivity (Wildman–Crippen MR) is 63.2 cm³/mol. The Labute approximate surface area is 101 Å². The van der Waals surface area contributed by atoms with Crippen LogP contribution >= 0.6 is 0 Å². The Bertz CT molecular complexity index is 398. The number of hydrogen-bond acceptors (Lipinski definition) is 4. The SMILES string of the molecule is COC(=O)CCCOc1ccccc1C(C)=O. The summed E-state index contributed by atoms with van der Waals surface area (Å²) in [6, 6.07) is 7.06. The van der Waals surface area contributed by atoms with Crippen LogP contribution in [0.15, 0.2) is 24.3 Å². The van der Waals surface area contributed by atoms with Crippen LogP contribution in [-0.2, 0) is 9.53 Å². The van der Waals surface area contributed by atoms with E-state index in [0.717, 1.165) is 0 Å². The molecule has 4 heteroatoms. The molecule has 0 unspecified atom stereocenters. The van der Waals surface area contributed by atoms with Crippen molar-refractivity contribution in [1.29, 1.82) is 0 Å². The molecule has 4 nitrogen and oxygen atoms in total. The molecule has 0 aliphatic carbocycles. The van der Waals surface area contributed by atoms with Gasteiger partial charge in [0.1, 0.15) is 5.75 Å². The van der Waals surface area contributed by atoms with E-state index in [2.05, 4.69) is 4.74 Å². The first kappa shape index (κ1) is 13.2. The number of benzene rings is 1. The second kappa shape index (κ2) is 6.68. The number of ether oxygens (including phenoxy) is 2. The van der Waals surface area contributed by atoms with E-state index in [4.69, 9.17) is 4.74 Å². The first-order chi connectivity index (χ1) is 8.15. The van der Waals surface area contributed by atoms with Crippen LogP contribution in [0.3, 0.4) is 0 Å². The standard InChI is InChI=1S/C13H16O4/c1-10(14)11-6-3-4-7-12(11)17-9-5-8-13(15)16-2/h3-4,6-7H,5,8-9H2,1-2H3. The van der Waals surface area contributed by atoms with Crippen LogP contribution in [0.2, 0.25) is 0 Å². The van der Waals surface area contributed by atoms with Crippen molar-refractivity contribution >= 4 is 11.8 Å². The van der Waals surface area contributed by atoms with Crippen LogP contribution in [0.25, 0.3) is 0 Å².